The van der Waals surface area contributed by atoms with Crippen molar-refractivity contribution in [2.24, 2.45) is 0 Å². The zero-order valence-corrected chi connectivity index (χ0v) is 15.9. The Labute approximate surface area is 159 Å². The van der Waals surface area contributed by atoms with Crippen molar-refractivity contribution in [1.29, 1.82) is 0 Å². The van der Waals surface area contributed by atoms with Gasteiger partial charge in [0.2, 0.25) is 5.91 Å². The number of nitrogens with zero attached hydrogens (tertiary/aromatic N) is 1. The highest BCUT2D eigenvalue weighted by molar-refractivity contribution is 5.86. The summed E-state index contributed by atoms with van der Waals surface area (Å²) in [6.45, 7) is 4.39. The van der Waals surface area contributed by atoms with Crippen LogP contribution in [0.1, 0.15) is 24.5 Å². The molecule has 0 aliphatic heterocycles. The minimum atomic E-state index is 0.0191. The quantitative estimate of drug-likeness (QED) is 0.694. The molecule has 3 rings (SSSR count). The van der Waals surface area contributed by atoms with Gasteiger partial charge in [0.05, 0.1) is 17.8 Å². The number of nitrogens with one attached hydrogen (secondary N) is 1. The number of phenolic OH excluding ortho intramolecular Hbond substituents is 1. The number of hydrogen-bond donors (Lipinski definition) is 2. The van der Waals surface area contributed by atoms with E-state index >= 15 is 0 Å². The summed E-state index contributed by atoms with van der Waals surface area (Å²) in [6.07, 6.45) is 1.10. The number of amides is 1. The van der Waals surface area contributed by atoms with Crippen LogP contribution in [0.25, 0.3) is 22.2 Å². The third kappa shape index (κ3) is 4.03. The first-order valence-corrected chi connectivity index (χ1v) is 9.09. The Kier molecular flexibility index (Phi) is 5.60. The highest BCUT2D eigenvalue weighted by Crippen LogP contribution is 2.37. The van der Waals surface area contributed by atoms with E-state index in [1.807, 2.05) is 50.2 Å². The summed E-state index contributed by atoms with van der Waals surface area (Å²) in [7, 11) is 1.64. The maximum absolute atomic E-state index is 11.5. The van der Waals surface area contributed by atoms with E-state index in [9.17, 15) is 9.90 Å². The Balaban J connectivity index is 2.02. The maximum Gasteiger partial charge on any atom is 0.220 e. The molecule has 0 fully saturated rings. The first-order chi connectivity index (χ1) is 13.0. The summed E-state index contributed by atoms with van der Waals surface area (Å²) in [4.78, 5) is 16.3. The summed E-state index contributed by atoms with van der Waals surface area (Å²) in [5.74, 6) is 0.570. The molecule has 0 aliphatic carbocycles. The predicted molar refractivity (Wildman–Crippen MR) is 107 cm³/mol. The number of benzene rings is 2. The number of pyridine rings is 1. The van der Waals surface area contributed by atoms with Gasteiger partial charge in [-0.05, 0) is 55.7 Å². The maximum atomic E-state index is 11.5. The highest BCUT2D eigenvalue weighted by atomic mass is 16.5. The van der Waals surface area contributed by atoms with Crippen molar-refractivity contribution in [1.82, 2.24) is 10.3 Å². The van der Waals surface area contributed by atoms with Crippen molar-refractivity contribution in [2.75, 3.05) is 13.7 Å². The molecule has 5 nitrogen and oxygen atoms in total. The first kappa shape index (κ1) is 18.7. The lowest BCUT2D eigenvalue weighted by molar-refractivity contribution is -0.120. The molecule has 1 aromatic heterocycles. The number of aryl methyl sites for hydroxylation is 2. The summed E-state index contributed by atoms with van der Waals surface area (Å²) in [5.41, 5.74) is 4.32. The zero-order chi connectivity index (χ0) is 19.4. The van der Waals surface area contributed by atoms with Crippen molar-refractivity contribution in [3.05, 3.63) is 53.6 Å². The van der Waals surface area contributed by atoms with Gasteiger partial charge in [0.1, 0.15) is 0 Å². The first-order valence-electron chi connectivity index (χ1n) is 9.09. The van der Waals surface area contributed by atoms with Gasteiger partial charge in [-0.1, -0.05) is 18.2 Å². The van der Waals surface area contributed by atoms with Crippen LogP contribution in [0.4, 0.5) is 0 Å². The molecule has 0 saturated carbocycles. The number of para-hydroxylation sites is 1. The fourth-order valence-electron chi connectivity index (χ4n) is 3.13. The summed E-state index contributed by atoms with van der Waals surface area (Å²) < 4.78 is 5.48. The van der Waals surface area contributed by atoms with Gasteiger partial charge in [-0.25, -0.2) is 4.98 Å². The average molecular weight is 364 g/mol. The van der Waals surface area contributed by atoms with E-state index in [1.165, 1.54) is 0 Å². The molecule has 140 valence electrons. The second-order valence-corrected chi connectivity index (χ2v) is 6.43. The van der Waals surface area contributed by atoms with E-state index in [-0.39, 0.29) is 11.7 Å². The molecule has 0 bridgehead atoms. The molecule has 0 aliphatic rings. The van der Waals surface area contributed by atoms with E-state index in [2.05, 4.69) is 5.32 Å². The van der Waals surface area contributed by atoms with Gasteiger partial charge < -0.3 is 15.2 Å². The number of rotatable bonds is 6. The molecule has 1 heterocycles. The number of carbonyl (C=O) groups is 1. The van der Waals surface area contributed by atoms with Gasteiger partial charge in [-0.15, -0.1) is 0 Å². The number of fused-ring (bicyclic) bond motifs is 1. The second kappa shape index (κ2) is 8.08. The van der Waals surface area contributed by atoms with Crippen molar-refractivity contribution < 1.29 is 14.6 Å². The van der Waals surface area contributed by atoms with Gasteiger partial charge in [0, 0.05) is 24.4 Å². The van der Waals surface area contributed by atoms with Crippen LogP contribution in [-0.2, 0) is 11.2 Å². The summed E-state index contributed by atoms with van der Waals surface area (Å²) >= 11 is 0. The normalized spacial score (nSPS) is 10.8. The Morgan fingerprint density at radius 2 is 2.04 bits per heavy atom. The van der Waals surface area contributed by atoms with E-state index in [0.717, 1.165) is 22.0 Å². The lowest BCUT2D eigenvalue weighted by Gasteiger charge is -2.12. The molecular formula is C22H24N2O3. The standard InChI is InChI=1S/C22H24N2O3/c1-4-27-20-7-5-6-17(22(20)26)18-12-14(2)16-10-8-15(13-19(16)24-18)9-11-21(25)23-3/h5-8,10,12-13,26H,4,9,11H2,1-3H3,(H,23,25). The Bertz CT molecular complexity index is 983. The monoisotopic (exact) mass is 364 g/mol. The molecule has 0 radical (unpaired) electrons. The number of phenols is 1. The molecule has 27 heavy (non-hydrogen) atoms. The molecule has 0 atom stereocenters. The number of aromatic nitrogens is 1. The van der Waals surface area contributed by atoms with E-state index in [4.69, 9.17) is 9.72 Å². The van der Waals surface area contributed by atoms with Gasteiger partial charge in [0.15, 0.2) is 11.5 Å². The van der Waals surface area contributed by atoms with Crippen LogP contribution in [-0.4, -0.2) is 29.7 Å². The third-order valence-electron chi connectivity index (χ3n) is 4.58. The second-order valence-electron chi connectivity index (χ2n) is 6.43. The number of hydrogen-bond acceptors (Lipinski definition) is 4. The molecule has 1 amide bonds. The minimum absolute atomic E-state index is 0.0191. The van der Waals surface area contributed by atoms with Crippen LogP contribution in [0, 0.1) is 6.92 Å². The Morgan fingerprint density at radius 3 is 2.78 bits per heavy atom. The van der Waals surface area contributed by atoms with Gasteiger partial charge >= 0.3 is 0 Å². The molecule has 2 N–H and O–H groups in total. The van der Waals surface area contributed by atoms with Crippen molar-refractivity contribution in [2.45, 2.75) is 26.7 Å². The Hall–Kier alpha value is -3.08. The van der Waals surface area contributed by atoms with Crippen molar-refractivity contribution in [3.8, 4) is 22.8 Å². The molecule has 0 saturated heterocycles. The molecule has 0 unspecified atom stereocenters. The van der Waals surface area contributed by atoms with Crippen LogP contribution < -0.4 is 10.1 Å². The van der Waals surface area contributed by atoms with E-state index in [0.29, 0.717) is 36.5 Å². The lowest BCUT2D eigenvalue weighted by atomic mass is 10.0. The topological polar surface area (TPSA) is 71.5 Å². The average Bonchev–Trinajstić information content (AvgIpc) is 2.67. The lowest BCUT2D eigenvalue weighted by Crippen LogP contribution is -2.17. The van der Waals surface area contributed by atoms with Gasteiger partial charge in [0.25, 0.3) is 0 Å². The predicted octanol–water partition coefficient (Wildman–Crippen LogP) is 3.99. The van der Waals surface area contributed by atoms with Crippen molar-refractivity contribution >= 4 is 16.8 Å². The fraction of sp³-hybridized carbons (Fsp3) is 0.273. The molecule has 0 spiro atoms. The van der Waals surface area contributed by atoms with Crippen LogP contribution in [0.2, 0.25) is 0 Å². The van der Waals surface area contributed by atoms with Crippen LogP contribution in [0.3, 0.4) is 0 Å². The van der Waals surface area contributed by atoms with Crippen LogP contribution >= 0.6 is 0 Å². The minimum Gasteiger partial charge on any atom is -0.504 e. The molecule has 3 aromatic rings. The SMILES string of the molecule is CCOc1cccc(-c2cc(C)c3ccc(CCC(=O)NC)cc3n2)c1O. The fourth-order valence-corrected chi connectivity index (χ4v) is 3.13. The molecule has 2 aromatic carbocycles. The highest BCUT2D eigenvalue weighted by Gasteiger charge is 2.13. The summed E-state index contributed by atoms with van der Waals surface area (Å²) in [6, 6.07) is 13.5. The molecule has 5 heteroatoms. The van der Waals surface area contributed by atoms with Gasteiger partial charge in [-0.2, -0.15) is 0 Å². The zero-order valence-electron chi connectivity index (χ0n) is 15.9. The third-order valence-corrected chi connectivity index (χ3v) is 4.58. The number of carbonyl (C=O) groups excluding carboxylic acids is 1. The summed E-state index contributed by atoms with van der Waals surface area (Å²) in [5, 5.41) is 14.3. The smallest absolute Gasteiger partial charge is 0.220 e. The van der Waals surface area contributed by atoms with Crippen LogP contribution in [0.15, 0.2) is 42.5 Å². The van der Waals surface area contributed by atoms with Gasteiger partial charge in [-0.3, -0.25) is 4.79 Å². The number of ether oxygens (including phenoxy) is 1. The van der Waals surface area contributed by atoms with E-state index in [1.54, 1.807) is 13.1 Å². The van der Waals surface area contributed by atoms with Crippen molar-refractivity contribution in [3.63, 3.8) is 0 Å². The van der Waals surface area contributed by atoms with Crippen LogP contribution in [0.5, 0.6) is 11.5 Å². The number of aromatic hydroxyl groups is 1. The molecular weight excluding hydrogens is 340 g/mol. The Morgan fingerprint density at radius 1 is 1.22 bits per heavy atom. The largest absolute Gasteiger partial charge is 0.504 e. The van der Waals surface area contributed by atoms with E-state index < -0.39 is 0 Å².